The Hall–Kier alpha value is -1.66. The predicted octanol–water partition coefficient (Wildman–Crippen LogP) is 3.61. The molecule has 108 valence electrons. The van der Waals surface area contributed by atoms with Crippen LogP contribution in [0.3, 0.4) is 0 Å². The maximum Gasteiger partial charge on any atom is 0.271 e. The Labute approximate surface area is 134 Å². The molecule has 3 aromatic rings. The molecule has 2 heterocycles. The molecule has 21 heavy (non-hydrogen) atoms. The first-order valence-corrected chi connectivity index (χ1v) is 8.14. The molecule has 6 heteroatoms. The number of nitrogens with zero attached hydrogens (tertiary/aromatic N) is 2. The number of aromatic nitrogens is 2. The Morgan fingerprint density at radius 3 is 2.86 bits per heavy atom. The lowest BCUT2D eigenvalue weighted by molar-refractivity contribution is 0.296. The van der Waals surface area contributed by atoms with Crippen LogP contribution in [0.25, 0.3) is 10.2 Å². The van der Waals surface area contributed by atoms with Gasteiger partial charge in [0.15, 0.2) is 0 Å². The lowest BCUT2D eigenvalue weighted by Gasteiger charge is -2.08. The van der Waals surface area contributed by atoms with Crippen LogP contribution in [-0.2, 0) is 6.54 Å². The highest BCUT2D eigenvalue weighted by atomic mass is 79.9. The van der Waals surface area contributed by atoms with E-state index in [1.807, 2.05) is 36.6 Å². The number of hydrogen-bond donors (Lipinski definition) is 0. The fourth-order valence-corrected chi connectivity index (χ4v) is 3.23. The highest BCUT2D eigenvalue weighted by Crippen LogP contribution is 2.19. The highest BCUT2D eigenvalue weighted by molar-refractivity contribution is 9.10. The lowest BCUT2D eigenvalue weighted by atomic mass is 10.3. The third-order valence-electron chi connectivity index (χ3n) is 3.14. The van der Waals surface area contributed by atoms with Gasteiger partial charge in [-0.25, -0.2) is 4.98 Å². The van der Waals surface area contributed by atoms with E-state index in [4.69, 9.17) is 4.74 Å². The Balaban J connectivity index is 1.72. The summed E-state index contributed by atoms with van der Waals surface area (Å²) >= 11 is 4.82. The number of thiophene rings is 1. The van der Waals surface area contributed by atoms with Crippen molar-refractivity contribution in [3.8, 4) is 5.75 Å². The van der Waals surface area contributed by atoms with Gasteiger partial charge in [-0.3, -0.25) is 9.36 Å². The van der Waals surface area contributed by atoms with E-state index < -0.39 is 0 Å². The van der Waals surface area contributed by atoms with Crippen molar-refractivity contribution in [2.24, 2.45) is 0 Å². The van der Waals surface area contributed by atoms with Gasteiger partial charge in [-0.1, -0.05) is 15.9 Å². The predicted molar refractivity (Wildman–Crippen MR) is 88.3 cm³/mol. The van der Waals surface area contributed by atoms with Gasteiger partial charge in [-0.05, 0) is 42.1 Å². The molecule has 4 nitrogen and oxygen atoms in total. The maximum absolute atomic E-state index is 12.3. The summed E-state index contributed by atoms with van der Waals surface area (Å²) < 4.78 is 8.94. The minimum absolute atomic E-state index is 0.00231. The van der Waals surface area contributed by atoms with Crippen LogP contribution in [0.2, 0.25) is 0 Å². The van der Waals surface area contributed by atoms with E-state index in [2.05, 4.69) is 20.9 Å². The van der Waals surface area contributed by atoms with Crippen LogP contribution in [0.5, 0.6) is 5.75 Å². The molecule has 2 aromatic heterocycles. The van der Waals surface area contributed by atoms with E-state index in [0.717, 1.165) is 21.3 Å². The fourth-order valence-electron chi connectivity index (χ4n) is 2.01. The van der Waals surface area contributed by atoms with Crippen LogP contribution in [0.1, 0.15) is 5.56 Å². The average molecular weight is 365 g/mol. The normalized spacial score (nSPS) is 11.0. The summed E-state index contributed by atoms with van der Waals surface area (Å²) in [5.74, 6) is 0.784. The molecule has 0 saturated carbocycles. The summed E-state index contributed by atoms with van der Waals surface area (Å²) in [6.07, 6.45) is 1.59. The molecule has 0 saturated heterocycles. The Bertz CT molecular complexity index is 824. The van der Waals surface area contributed by atoms with Crippen LogP contribution in [0, 0.1) is 6.92 Å². The van der Waals surface area contributed by atoms with Crippen molar-refractivity contribution in [1.82, 2.24) is 9.55 Å². The zero-order valence-corrected chi connectivity index (χ0v) is 13.8. The average Bonchev–Trinajstić information content (AvgIpc) is 2.86. The Morgan fingerprint density at radius 2 is 2.10 bits per heavy atom. The summed E-state index contributed by atoms with van der Waals surface area (Å²) in [5.41, 5.74) is 1.85. The fraction of sp³-hybridized carbons (Fsp3) is 0.200. The van der Waals surface area contributed by atoms with Gasteiger partial charge in [0.1, 0.15) is 17.1 Å². The molecule has 0 aliphatic heterocycles. The van der Waals surface area contributed by atoms with Crippen LogP contribution in [-0.4, -0.2) is 16.2 Å². The summed E-state index contributed by atoms with van der Waals surface area (Å²) in [7, 11) is 0. The monoisotopic (exact) mass is 364 g/mol. The van der Waals surface area contributed by atoms with Crippen molar-refractivity contribution in [2.45, 2.75) is 13.5 Å². The maximum atomic E-state index is 12.3. The number of ether oxygens (including phenoxy) is 1. The van der Waals surface area contributed by atoms with Gasteiger partial charge in [0.2, 0.25) is 0 Å². The molecular weight excluding hydrogens is 352 g/mol. The Morgan fingerprint density at radius 1 is 1.33 bits per heavy atom. The minimum atomic E-state index is -0.00231. The molecule has 0 spiro atoms. The first kappa shape index (κ1) is 14.3. The first-order valence-electron chi connectivity index (χ1n) is 6.47. The van der Waals surface area contributed by atoms with Gasteiger partial charge >= 0.3 is 0 Å². The van der Waals surface area contributed by atoms with Crippen molar-refractivity contribution < 1.29 is 4.74 Å². The molecule has 0 amide bonds. The van der Waals surface area contributed by atoms with Gasteiger partial charge in [-0.2, -0.15) is 0 Å². The second-order valence-electron chi connectivity index (χ2n) is 4.64. The van der Waals surface area contributed by atoms with Crippen LogP contribution in [0.4, 0.5) is 0 Å². The number of aryl methyl sites for hydroxylation is 1. The first-order chi connectivity index (χ1) is 10.1. The van der Waals surface area contributed by atoms with Crippen molar-refractivity contribution in [3.05, 3.63) is 56.4 Å². The van der Waals surface area contributed by atoms with Crippen LogP contribution < -0.4 is 10.3 Å². The van der Waals surface area contributed by atoms with Gasteiger partial charge in [0.05, 0.1) is 18.4 Å². The summed E-state index contributed by atoms with van der Waals surface area (Å²) in [5, 5.41) is 1.96. The van der Waals surface area contributed by atoms with E-state index in [-0.39, 0.29) is 5.56 Å². The lowest BCUT2D eigenvalue weighted by Crippen LogP contribution is -2.22. The van der Waals surface area contributed by atoms with Crippen LogP contribution in [0.15, 0.2) is 45.2 Å². The van der Waals surface area contributed by atoms with E-state index >= 15 is 0 Å². The van der Waals surface area contributed by atoms with Crippen molar-refractivity contribution in [2.75, 3.05) is 6.61 Å². The zero-order valence-electron chi connectivity index (χ0n) is 11.4. The van der Waals surface area contributed by atoms with Gasteiger partial charge in [0, 0.05) is 4.47 Å². The van der Waals surface area contributed by atoms with Crippen molar-refractivity contribution in [1.29, 1.82) is 0 Å². The molecular formula is C15H13BrN2O2S. The largest absolute Gasteiger partial charge is 0.492 e. The summed E-state index contributed by atoms with van der Waals surface area (Å²) in [6.45, 7) is 2.88. The molecule has 0 unspecified atom stereocenters. The second-order valence-corrected chi connectivity index (χ2v) is 6.44. The molecule has 0 aliphatic rings. The van der Waals surface area contributed by atoms with Crippen LogP contribution >= 0.6 is 27.3 Å². The minimum Gasteiger partial charge on any atom is -0.492 e. The smallest absolute Gasteiger partial charge is 0.271 e. The number of benzene rings is 1. The summed E-state index contributed by atoms with van der Waals surface area (Å²) in [4.78, 5) is 16.7. The molecule has 0 bridgehead atoms. The van der Waals surface area contributed by atoms with Crippen molar-refractivity contribution >= 4 is 37.5 Å². The van der Waals surface area contributed by atoms with Gasteiger partial charge in [0.25, 0.3) is 5.56 Å². The van der Waals surface area contributed by atoms with Crippen molar-refractivity contribution in [3.63, 3.8) is 0 Å². The quantitative estimate of drug-likeness (QED) is 0.710. The molecule has 1 aromatic carbocycles. The third kappa shape index (κ3) is 3.01. The topological polar surface area (TPSA) is 44.1 Å². The second kappa shape index (κ2) is 5.99. The number of fused-ring (bicyclic) bond motifs is 1. The molecule has 3 rings (SSSR count). The van der Waals surface area contributed by atoms with Gasteiger partial charge < -0.3 is 4.74 Å². The third-order valence-corrected chi connectivity index (χ3v) is 4.74. The van der Waals surface area contributed by atoms with Gasteiger partial charge in [-0.15, -0.1) is 11.3 Å². The molecule has 0 fully saturated rings. The SMILES string of the molecule is Cc1csc2c(=O)n(CCOc3ccc(Br)cc3)cnc12. The summed E-state index contributed by atoms with van der Waals surface area (Å²) in [6, 6.07) is 7.61. The number of halogens is 1. The standard InChI is InChI=1S/C15H13BrN2O2S/c1-10-8-21-14-13(10)17-9-18(15(14)19)6-7-20-12-4-2-11(16)3-5-12/h2-5,8-9H,6-7H2,1H3. The van der Waals surface area contributed by atoms with E-state index in [9.17, 15) is 4.79 Å². The molecule has 0 atom stereocenters. The van der Waals surface area contributed by atoms with E-state index in [0.29, 0.717) is 17.9 Å². The molecule has 0 N–H and O–H groups in total. The van der Waals surface area contributed by atoms with E-state index in [1.54, 1.807) is 10.9 Å². The highest BCUT2D eigenvalue weighted by Gasteiger charge is 2.08. The zero-order chi connectivity index (χ0) is 14.8. The number of hydrogen-bond acceptors (Lipinski definition) is 4. The Kier molecular flexibility index (Phi) is 4.07. The van der Waals surface area contributed by atoms with E-state index in [1.165, 1.54) is 11.3 Å². The molecule has 0 radical (unpaired) electrons. The number of rotatable bonds is 4. The molecule has 0 aliphatic carbocycles.